The molecule has 116 valence electrons. The zero-order chi connectivity index (χ0) is 14.9. The monoisotopic (exact) mass is 290 g/mol. The normalized spacial score (nSPS) is 11.3. The van der Waals surface area contributed by atoms with E-state index in [-0.39, 0.29) is 0 Å². The first-order valence-corrected chi connectivity index (χ1v) is 7.71. The van der Waals surface area contributed by atoms with Crippen LogP contribution in [0.1, 0.15) is 18.9 Å². The minimum Gasteiger partial charge on any atom is -0.383 e. The molecule has 0 bridgehead atoms. The number of hydrogen-bond donors (Lipinski definition) is 1. The van der Waals surface area contributed by atoms with E-state index in [9.17, 15) is 0 Å². The van der Waals surface area contributed by atoms with E-state index in [0.29, 0.717) is 0 Å². The Kier molecular flexibility index (Phi) is 6.73. The van der Waals surface area contributed by atoms with Gasteiger partial charge < -0.3 is 19.4 Å². The number of aryl methyl sites for hydroxylation is 1. The first kappa shape index (κ1) is 16.0. The van der Waals surface area contributed by atoms with Crippen molar-refractivity contribution >= 4 is 10.9 Å². The Morgan fingerprint density at radius 1 is 1.19 bits per heavy atom. The lowest BCUT2D eigenvalue weighted by Crippen LogP contribution is -2.18. The Morgan fingerprint density at radius 3 is 2.90 bits per heavy atom. The minimum absolute atomic E-state index is 0.744. The van der Waals surface area contributed by atoms with Crippen LogP contribution in [0.5, 0.6) is 0 Å². The van der Waals surface area contributed by atoms with Crippen molar-refractivity contribution in [1.29, 1.82) is 0 Å². The molecule has 1 heterocycles. The molecule has 0 aliphatic carbocycles. The molecule has 0 aliphatic heterocycles. The van der Waals surface area contributed by atoms with Gasteiger partial charge in [0.2, 0.25) is 0 Å². The summed E-state index contributed by atoms with van der Waals surface area (Å²) in [7, 11) is 1.73. The maximum absolute atomic E-state index is 5.41. The lowest BCUT2D eigenvalue weighted by Gasteiger charge is -2.08. The summed E-state index contributed by atoms with van der Waals surface area (Å²) in [5.74, 6) is 0. The van der Waals surface area contributed by atoms with Crippen molar-refractivity contribution in [3.63, 3.8) is 0 Å². The largest absolute Gasteiger partial charge is 0.383 e. The molecule has 0 spiro atoms. The molecule has 1 aromatic carbocycles. The van der Waals surface area contributed by atoms with Gasteiger partial charge in [0.05, 0.1) is 6.61 Å². The Morgan fingerprint density at radius 2 is 2.10 bits per heavy atom. The highest BCUT2D eigenvalue weighted by molar-refractivity contribution is 5.83. The predicted molar refractivity (Wildman–Crippen MR) is 86.6 cm³/mol. The Hall–Kier alpha value is -1.36. The summed E-state index contributed by atoms with van der Waals surface area (Å²) in [5, 5.41) is 4.74. The molecule has 0 atom stereocenters. The fraction of sp³-hybridized carbons (Fsp3) is 0.529. The number of aromatic nitrogens is 1. The molecule has 2 rings (SSSR count). The van der Waals surface area contributed by atoms with Gasteiger partial charge in [-0.25, -0.2) is 0 Å². The van der Waals surface area contributed by atoms with Crippen molar-refractivity contribution in [2.45, 2.75) is 26.4 Å². The number of benzene rings is 1. The smallest absolute Gasteiger partial charge is 0.0587 e. The molecule has 0 unspecified atom stereocenters. The highest BCUT2D eigenvalue weighted by atomic mass is 16.5. The van der Waals surface area contributed by atoms with Crippen LogP contribution < -0.4 is 5.32 Å². The average molecular weight is 290 g/mol. The number of methoxy groups -OCH3 is 1. The highest BCUT2D eigenvalue weighted by Gasteiger charge is 2.05. The van der Waals surface area contributed by atoms with Crippen molar-refractivity contribution in [2.24, 2.45) is 0 Å². The molecule has 1 aromatic heterocycles. The van der Waals surface area contributed by atoms with Crippen molar-refractivity contribution < 1.29 is 9.47 Å². The highest BCUT2D eigenvalue weighted by Crippen LogP contribution is 2.20. The van der Waals surface area contributed by atoms with Crippen LogP contribution in [0.15, 0.2) is 30.5 Å². The molecular formula is C17H26N2O2. The molecule has 4 nitrogen and oxygen atoms in total. The molecule has 0 saturated carbocycles. The minimum atomic E-state index is 0.744. The van der Waals surface area contributed by atoms with E-state index in [1.165, 1.54) is 16.5 Å². The van der Waals surface area contributed by atoms with E-state index in [1.807, 2.05) is 6.92 Å². The lowest BCUT2D eigenvalue weighted by atomic mass is 10.1. The van der Waals surface area contributed by atoms with Crippen LogP contribution in [0.25, 0.3) is 10.9 Å². The van der Waals surface area contributed by atoms with E-state index >= 15 is 0 Å². The molecule has 4 heteroatoms. The van der Waals surface area contributed by atoms with Gasteiger partial charge in [-0.15, -0.1) is 0 Å². The summed E-state index contributed by atoms with van der Waals surface area (Å²) in [6, 6.07) is 8.72. The molecule has 0 aliphatic rings. The number of nitrogens with zero attached hydrogens (tertiary/aromatic N) is 1. The summed E-state index contributed by atoms with van der Waals surface area (Å²) in [6.07, 6.45) is 3.23. The summed E-state index contributed by atoms with van der Waals surface area (Å²) >= 11 is 0. The molecular weight excluding hydrogens is 264 g/mol. The average Bonchev–Trinajstić information content (AvgIpc) is 2.92. The summed E-state index contributed by atoms with van der Waals surface area (Å²) in [4.78, 5) is 0. The van der Waals surface area contributed by atoms with Crippen LogP contribution in [0.4, 0.5) is 0 Å². The van der Waals surface area contributed by atoms with Gasteiger partial charge in [-0.2, -0.15) is 0 Å². The molecule has 21 heavy (non-hydrogen) atoms. The number of fused-ring (bicyclic) bond motifs is 1. The van der Waals surface area contributed by atoms with Gasteiger partial charge in [0.1, 0.15) is 0 Å². The standard InChI is InChI=1S/C17H26N2O2/c1-3-21-12-5-10-19-11-8-16-15(6-4-7-17(16)19)14-18-9-13-20-2/h4,6-8,11,18H,3,5,9-10,12-14H2,1-2H3. The third kappa shape index (κ3) is 4.56. The van der Waals surface area contributed by atoms with Crippen LogP contribution in [0.3, 0.4) is 0 Å². The number of ether oxygens (including phenoxy) is 2. The second-order valence-electron chi connectivity index (χ2n) is 5.08. The number of nitrogens with one attached hydrogen (secondary N) is 1. The van der Waals surface area contributed by atoms with Crippen LogP contribution >= 0.6 is 0 Å². The Balaban J connectivity index is 1.99. The van der Waals surface area contributed by atoms with Crippen LogP contribution in [0, 0.1) is 0 Å². The lowest BCUT2D eigenvalue weighted by molar-refractivity contribution is 0.142. The zero-order valence-corrected chi connectivity index (χ0v) is 13.1. The second kappa shape index (κ2) is 8.82. The van der Waals surface area contributed by atoms with Gasteiger partial charge >= 0.3 is 0 Å². The van der Waals surface area contributed by atoms with Crippen molar-refractivity contribution in [2.75, 3.05) is 33.5 Å². The summed E-state index contributed by atoms with van der Waals surface area (Å²) in [5.41, 5.74) is 2.64. The number of hydrogen-bond acceptors (Lipinski definition) is 3. The van der Waals surface area contributed by atoms with E-state index in [2.05, 4.69) is 40.3 Å². The third-order valence-corrected chi connectivity index (χ3v) is 3.59. The Labute approximate surface area is 127 Å². The molecule has 0 saturated heterocycles. The summed E-state index contributed by atoms with van der Waals surface area (Å²) in [6.45, 7) is 7.16. The van der Waals surface area contributed by atoms with Crippen LogP contribution in [0.2, 0.25) is 0 Å². The van der Waals surface area contributed by atoms with Crippen molar-refractivity contribution in [3.05, 3.63) is 36.0 Å². The zero-order valence-electron chi connectivity index (χ0n) is 13.1. The molecule has 0 fully saturated rings. The van der Waals surface area contributed by atoms with Gasteiger partial charge in [-0.3, -0.25) is 0 Å². The van der Waals surface area contributed by atoms with Gasteiger partial charge in [0.15, 0.2) is 0 Å². The topological polar surface area (TPSA) is 35.4 Å². The van der Waals surface area contributed by atoms with E-state index < -0.39 is 0 Å². The maximum Gasteiger partial charge on any atom is 0.0587 e. The van der Waals surface area contributed by atoms with Gasteiger partial charge in [0, 0.05) is 57.1 Å². The third-order valence-electron chi connectivity index (χ3n) is 3.59. The van der Waals surface area contributed by atoms with Crippen LogP contribution in [-0.4, -0.2) is 38.0 Å². The second-order valence-corrected chi connectivity index (χ2v) is 5.08. The molecule has 0 radical (unpaired) electrons. The van der Waals surface area contributed by atoms with E-state index in [4.69, 9.17) is 9.47 Å². The summed E-state index contributed by atoms with van der Waals surface area (Å²) < 4.78 is 12.8. The van der Waals surface area contributed by atoms with Crippen molar-refractivity contribution in [3.8, 4) is 0 Å². The van der Waals surface area contributed by atoms with Gasteiger partial charge in [-0.05, 0) is 31.0 Å². The molecule has 1 N–H and O–H groups in total. The van der Waals surface area contributed by atoms with Crippen molar-refractivity contribution in [1.82, 2.24) is 9.88 Å². The SMILES string of the molecule is CCOCCCn1ccc2c(CNCCOC)cccc21. The van der Waals surface area contributed by atoms with E-state index in [1.54, 1.807) is 7.11 Å². The van der Waals surface area contributed by atoms with Crippen LogP contribution in [-0.2, 0) is 22.6 Å². The fourth-order valence-corrected chi connectivity index (χ4v) is 2.51. The van der Waals surface area contributed by atoms with Gasteiger partial charge in [-0.1, -0.05) is 12.1 Å². The quantitative estimate of drug-likeness (QED) is 0.683. The fourth-order valence-electron chi connectivity index (χ4n) is 2.51. The first-order valence-electron chi connectivity index (χ1n) is 7.71. The van der Waals surface area contributed by atoms with Gasteiger partial charge in [0.25, 0.3) is 0 Å². The predicted octanol–water partition coefficient (Wildman–Crippen LogP) is 2.80. The maximum atomic E-state index is 5.41. The molecule has 0 amide bonds. The molecule has 2 aromatic rings. The van der Waals surface area contributed by atoms with E-state index in [0.717, 1.165) is 45.9 Å². The Bertz CT molecular complexity index is 537. The number of rotatable bonds is 10. The first-order chi connectivity index (χ1) is 10.4.